The lowest BCUT2D eigenvalue weighted by Gasteiger charge is -2.30. The van der Waals surface area contributed by atoms with Gasteiger partial charge in [-0.25, -0.2) is 47.5 Å². The van der Waals surface area contributed by atoms with Gasteiger partial charge in [0.1, 0.15) is 41.7 Å². The van der Waals surface area contributed by atoms with Crippen LogP contribution in [0, 0.1) is 23.3 Å². The maximum Gasteiger partial charge on any atom is 0.258 e. The number of carbonyl (C=O) groups is 2. The van der Waals surface area contributed by atoms with Crippen molar-refractivity contribution in [2.24, 2.45) is 0 Å². The fourth-order valence-corrected chi connectivity index (χ4v) is 10.9. The summed E-state index contributed by atoms with van der Waals surface area (Å²) < 4.78 is 62.1. The van der Waals surface area contributed by atoms with Gasteiger partial charge in [0, 0.05) is 62.0 Å². The molecule has 7 heterocycles. The molecule has 4 aromatic carbocycles. The smallest absolute Gasteiger partial charge is 0.258 e. The Balaban J connectivity index is 0.820. The standard InChI is InChI=1S/C56H44F4N12O3S2/c57-42-7-1-30(17-44(42)59)23-66-55(73)41-22-36(24-63-53(41)64-25-37-5-11-48(76-37)32-3-9-46-39(20-32)51(61)69-28-67-46)75-16-14-35-19-34-13-15-72(27-31-2-8-43(58)45(60)18-31)56(74)50(34)54(71-35)65-26-38-6-12-49(77-38)33-4-10-47-40(21-33)52(62)70-29-68-47/h1-12,17-22,24,28-29H,13-16,23,25-27H2,(H,63,64)(H,65,71)(H,66,73)(H2,61,67,69)(H2,62,68,70). The molecule has 0 saturated carbocycles. The van der Waals surface area contributed by atoms with Crippen LogP contribution in [-0.4, -0.2) is 59.8 Å². The number of hydrogen-bond donors (Lipinski definition) is 5. The summed E-state index contributed by atoms with van der Waals surface area (Å²) in [4.78, 5) is 60.1. The fourth-order valence-electron chi connectivity index (χ4n) is 8.97. The molecule has 0 spiro atoms. The number of pyridine rings is 2. The van der Waals surface area contributed by atoms with E-state index in [1.54, 1.807) is 33.6 Å². The molecule has 0 atom stereocenters. The minimum absolute atomic E-state index is 0.0705. The van der Waals surface area contributed by atoms with E-state index in [1.807, 2.05) is 66.7 Å². The van der Waals surface area contributed by atoms with Crippen molar-refractivity contribution in [2.75, 3.05) is 35.3 Å². The Labute approximate surface area is 445 Å². The van der Waals surface area contributed by atoms with Crippen LogP contribution in [0.15, 0.2) is 128 Å². The molecule has 6 aromatic heterocycles. The molecular formula is C56H44F4N12O3S2. The quantitative estimate of drug-likeness (QED) is 0.0538. The summed E-state index contributed by atoms with van der Waals surface area (Å²) in [7, 11) is 0. The minimum atomic E-state index is -1.03. The number of rotatable bonds is 17. The number of halogens is 4. The molecule has 0 fully saturated rings. The second kappa shape index (κ2) is 21.6. The first kappa shape index (κ1) is 50.1. The van der Waals surface area contributed by atoms with Crippen molar-refractivity contribution in [3.8, 4) is 26.6 Å². The van der Waals surface area contributed by atoms with Crippen LogP contribution in [-0.2, 0) is 39.0 Å². The lowest BCUT2D eigenvalue weighted by molar-refractivity contribution is 0.0727. The number of thiophene rings is 2. The van der Waals surface area contributed by atoms with Crippen LogP contribution in [0.1, 0.15) is 52.9 Å². The van der Waals surface area contributed by atoms with Gasteiger partial charge >= 0.3 is 0 Å². The number of nitrogens with one attached hydrogen (secondary N) is 3. The number of hydrogen-bond acceptors (Lipinski definition) is 15. The number of nitrogens with two attached hydrogens (primary N) is 2. The zero-order valence-electron chi connectivity index (χ0n) is 40.6. The zero-order chi connectivity index (χ0) is 53.2. The third kappa shape index (κ3) is 11.0. The van der Waals surface area contributed by atoms with Gasteiger partial charge in [0.15, 0.2) is 23.3 Å². The summed E-state index contributed by atoms with van der Waals surface area (Å²) in [5, 5.41) is 11.0. The highest BCUT2D eigenvalue weighted by Crippen LogP contribution is 2.35. The van der Waals surface area contributed by atoms with Gasteiger partial charge < -0.3 is 37.1 Å². The Kier molecular flexibility index (Phi) is 14.1. The third-order valence-corrected chi connectivity index (χ3v) is 15.2. The SMILES string of the molecule is Nc1ncnc2ccc(-c3ccc(CNc4ncc(OCCc5cc6c(c(NCc7ccc(-c8ccc9ncnc(N)c9c8)s7)n5)C(=O)N(Cc5ccc(F)c(F)c5)CC6)cc4C(=O)NCc4ccc(F)c(F)c4)s3)cc12. The van der Waals surface area contributed by atoms with Crippen molar-refractivity contribution >= 4 is 79.6 Å². The van der Waals surface area contributed by atoms with E-state index in [1.165, 1.54) is 31.0 Å². The Morgan fingerprint density at radius 3 is 1.90 bits per heavy atom. The average Bonchev–Trinajstić information content (AvgIpc) is 4.15. The van der Waals surface area contributed by atoms with Gasteiger partial charge in [0.05, 0.1) is 48.1 Å². The fraction of sp³-hybridized carbons (Fsp3) is 0.143. The highest BCUT2D eigenvalue weighted by Gasteiger charge is 2.29. The van der Waals surface area contributed by atoms with Crippen LogP contribution >= 0.6 is 22.7 Å². The Bertz CT molecular complexity index is 3910. The normalized spacial score (nSPS) is 12.3. The van der Waals surface area contributed by atoms with Gasteiger partial charge in [-0.1, -0.05) is 24.3 Å². The number of carbonyl (C=O) groups excluding carboxylic acids is 2. The highest BCUT2D eigenvalue weighted by molar-refractivity contribution is 7.15. The van der Waals surface area contributed by atoms with Crippen LogP contribution < -0.4 is 32.2 Å². The maximum absolute atomic E-state index is 14.3. The molecule has 1 aliphatic rings. The maximum atomic E-state index is 14.3. The number of ether oxygens (including phenoxy) is 1. The van der Waals surface area contributed by atoms with E-state index in [9.17, 15) is 27.2 Å². The van der Waals surface area contributed by atoms with Crippen LogP contribution in [0.2, 0.25) is 0 Å². The van der Waals surface area contributed by atoms with Gasteiger partial charge in [0.2, 0.25) is 0 Å². The van der Waals surface area contributed by atoms with E-state index >= 15 is 0 Å². The van der Waals surface area contributed by atoms with E-state index in [2.05, 4.69) is 40.9 Å². The van der Waals surface area contributed by atoms with Crippen molar-refractivity contribution in [2.45, 2.75) is 39.0 Å². The topological polar surface area (TPSA) is 212 Å². The first-order valence-electron chi connectivity index (χ1n) is 24.2. The number of aromatic nitrogens is 6. The van der Waals surface area contributed by atoms with Crippen molar-refractivity contribution in [3.05, 3.63) is 195 Å². The number of benzene rings is 4. The van der Waals surface area contributed by atoms with E-state index in [0.717, 1.165) is 82.3 Å². The van der Waals surface area contributed by atoms with E-state index in [-0.39, 0.29) is 42.7 Å². The van der Waals surface area contributed by atoms with Gasteiger partial charge in [-0.2, -0.15) is 0 Å². The lowest BCUT2D eigenvalue weighted by atomic mass is 9.97. The van der Waals surface area contributed by atoms with Crippen LogP contribution in [0.5, 0.6) is 5.75 Å². The Hall–Kier alpha value is -9.08. The summed E-state index contributed by atoms with van der Waals surface area (Å²) in [6, 6.07) is 30.0. The molecule has 0 aliphatic carbocycles. The van der Waals surface area contributed by atoms with E-state index in [4.69, 9.17) is 21.2 Å². The van der Waals surface area contributed by atoms with Gasteiger partial charge in [-0.15, -0.1) is 22.7 Å². The van der Waals surface area contributed by atoms with Crippen molar-refractivity contribution in [1.82, 2.24) is 40.1 Å². The van der Waals surface area contributed by atoms with Gasteiger partial charge in [-0.3, -0.25) is 9.59 Å². The van der Waals surface area contributed by atoms with Crippen molar-refractivity contribution in [3.63, 3.8) is 0 Å². The Morgan fingerprint density at radius 1 is 0.649 bits per heavy atom. The van der Waals surface area contributed by atoms with Crippen LogP contribution in [0.25, 0.3) is 42.7 Å². The highest BCUT2D eigenvalue weighted by atomic mass is 32.1. The van der Waals surface area contributed by atoms with Gasteiger partial charge in [-0.05, 0) is 119 Å². The predicted octanol–water partition coefficient (Wildman–Crippen LogP) is 10.5. The van der Waals surface area contributed by atoms with Gasteiger partial charge in [0.25, 0.3) is 11.8 Å². The summed E-state index contributed by atoms with van der Waals surface area (Å²) in [5.41, 5.74) is 18.4. The predicted molar refractivity (Wildman–Crippen MR) is 289 cm³/mol. The molecule has 386 valence electrons. The molecule has 11 rings (SSSR count). The molecule has 21 heteroatoms. The Morgan fingerprint density at radius 2 is 1.26 bits per heavy atom. The van der Waals surface area contributed by atoms with Crippen LogP contribution in [0.4, 0.5) is 40.8 Å². The number of anilines is 4. The molecule has 0 saturated heterocycles. The first-order chi connectivity index (χ1) is 37.4. The summed E-state index contributed by atoms with van der Waals surface area (Å²) >= 11 is 3.10. The number of nitrogen functional groups attached to an aromatic ring is 2. The number of amides is 2. The minimum Gasteiger partial charge on any atom is -0.492 e. The van der Waals surface area contributed by atoms with E-state index < -0.39 is 29.2 Å². The largest absolute Gasteiger partial charge is 0.492 e. The number of nitrogens with zero attached hydrogens (tertiary/aromatic N) is 7. The zero-order valence-corrected chi connectivity index (χ0v) is 42.3. The summed E-state index contributed by atoms with van der Waals surface area (Å²) in [6.07, 6.45) is 5.12. The molecule has 0 unspecified atom stereocenters. The molecule has 2 amide bonds. The first-order valence-corrected chi connectivity index (χ1v) is 25.8. The second-order valence-corrected chi connectivity index (χ2v) is 20.4. The molecule has 0 radical (unpaired) electrons. The molecule has 1 aliphatic heterocycles. The summed E-state index contributed by atoms with van der Waals surface area (Å²) in [6.45, 7) is 1.05. The van der Waals surface area contributed by atoms with E-state index in [0.29, 0.717) is 72.3 Å². The third-order valence-electron chi connectivity index (χ3n) is 12.9. The average molecular weight is 1070 g/mol. The molecule has 0 bridgehead atoms. The molecule has 10 aromatic rings. The molecule has 77 heavy (non-hydrogen) atoms. The van der Waals surface area contributed by atoms with Crippen molar-refractivity contribution < 1.29 is 31.9 Å². The number of fused-ring (bicyclic) bond motifs is 3. The molecular weight excluding hydrogens is 1030 g/mol. The monoisotopic (exact) mass is 1070 g/mol. The van der Waals surface area contributed by atoms with Crippen LogP contribution in [0.3, 0.4) is 0 Å². The lowest BCUT2D eigenvalue weighted by Crippen LogP contribution is -2.38. The second-order valence-electron chi connectivity index (χ2n) is 18.0. The van der Waals surface area contributed by atoms with Crippen molar-refractivity contribution in [1.29, 1.82) is 0 Å². The molecule has 7 N–H and O–H groups in total. The summed E-state index contributed by atoms with van der Waals surface area (Å²) in [5.74, 6) is -3.18. The molecule has 15 nitrogen and oxygen atoms in total.